The minimum Gasteiger partial charge on any atom is -0.373 e. The highest BCUT2D eigenvalue weighted by Crippen LogP contribution is 2.32. The van der Waals surface area contributed by atoms with Gasteiger partial charge in [-0.25, -0.2) is 0 Å². The average molecular weight is 197 g/mol. The molecule has 13 heavy (non-hydrogen) atoms. The zero-order valence-corrected chi connectivity index (χ0v) is 8.64. The molecule has 1 aliphatic rings. The predicted octanol–water partition coefficient (Wildman–Crippen LogP) is 3.36. The lowest BCUT2D eigenvalue weighted by molar-refractivity contribution is 0.0242. The summed E-state index contributed by atoms with van der Waals surface area (Å²) in [6.45, 7) is 5.00. The Bertz CT molecular complexity index is 322. The Labute approximate surface area is 83.7 Å². The second kappa shape index (κ2) is 3.32. The summed E-state index contributed by atoms with van der Waals surface area (Å²) in [5.74, 6) is 0.473. The smallest absolute Gasteiger partial charge is 0.0724 e. The van der Waals surface area contributed by atoms with Gasteiger partial charge in [-0.3, -0.25) is 0 Å². The van der Waals surface area contributed by atoms with Crippen LogP contribution in [0.4, 0.5) is 0 Å². The van der Waals surface area contributed by atoms with Crippen molar-refractivity contribution >= 4 is 11.6 Å². The third-order valence-electron chi connectivity index (χ3n) is 2.80. The van der Waals surface area contributed by atoms with Gasteiger partial charge in [0.2, 0.25) is 0 Å². The first kappa shape index (κ1) is 9.04. The van der Waals surface area contributed by atoms with Crippen molar-refractivity contribution in [2.75, 3.05) is 0 Å². The van der Waals surface area contributed by atoms with E-state index in [0.29, 0.717) is 18.6 Å². The summed E-state index contributed by atoms with van der Waals surface area (Å²) in [7, 11) is 0. The molecule has 1 aromatic carbocycles. The molecule has 0 spiro atoms. The molecule has 0 fully saturated rings. The molecule has 0 radical (unpaired) electrons. The molecule has 0 bridgehead atoms. The van der Waals surface area contributed by atoms with Crippen molar-refractivity contribution in [1.82, 2.24) is 0 Å². The van der Waals surface area contributed by atoms with Crippen LogP contribution < -0.4 is 0 Å². The van der Waals surface area contributed by atoms with Crippen LogP contribution in [0.25, 0.3) is 0 Å². The molecular formula is C11H13ClO. The molecule has 1 unspecified atom stereocenters. The average Bonchev–Trinajstić information content (AvgIpc) is 2.12. The monoisotopic (exact) mass is 196 g/mol. The molecule has 2 rings (SSSR count). The Balaban J connectivity index is 2.44. The van der Waals surface area contributed by atoms with Gasteiger partial charge in [0.25, 0.3) is 0 Å². The summed E-state index contributed by atoms with van der Waals surface area (Å²) in [6.07, 6.45) is 0.314. The molecule has 0 saturated heterocycles. The van der Waals surface area contributed by atoms with Gasteiger partial charge in [0.1, 0.15) is 0 Å². The molecule has 2 heteroatoms. The van der Waals surface area contributed by atoms with Crippen molar-refractivity contribution in [2.24, 2.45) is 0 Å². The number of ether oxygens (including phenoxy) is 1. The Kier molecular flexibility index (Phi) is 2.31. The standard InChI is InChI=1S/C11H13ClO/c1-7-8(2)13-6-9-5-10(12)3-4-11(7)9/h3-5,7-8H,6H2,1-2H3/t7?,8-/m0/s1. The van der Waals surface area contributed by atoms with E-state index in [1.165, 1.54) is 11.1 Å². The first-order chi connectivity index (χ1) is 6.18. The van der Waals surface area contributed by atoms with E-state index in [4.69, 9.17) is 16.3 Å². The second-order valence-electron chi connectivity index (χ2n) is 3.65. The number of hydrogen-bond acceptors (Lipinski definition) is 1. The van der Waals surface area contributed by atoms with Gasteiger partial charge in [-0.1, -0.05) is 24.6 Å². The molecule has 0 saturated carbocycles. The third kappa shape index (κ3) is 1.59. The zero-order chi connectivity index (χ0) is 9.42. The van der Waals surface area contributed by atoms with Crippen LogP contribution in [0.5, 0.6) is 0 Å². The lowest BCUT2D eigenvalue weighted by atomic mass is 9.90. The maximum atomic E-state index is 5.91. The summed E-state index contributed by atoms with van der Waals surface area (Å²) in [6, 6.07) is 6.07. The number of rotatable bonds is 0. The van der Waals surface area contributed by atoms with Crippen LogP contribution in [0.1, 0.15) is 30.9 Å². The SMILES string of the molecule is CC1c2ccc(Cl)cc2CO[C@H]1C. The maximum absolute atomic E-state index is 5.91. The van der Waals surface area contributed by atoms with Gasteiger partial charge in [0, 0.05) is 10.9 Å². The summed E-state index contributed by atoms with van der Waals surface area (Å²) < 4.78 is 5.61. The fraction of sp³-hybridized carbons (Fsp3) is 0.455. The number of halogens is 1. The van der Waals surface area contributed by atoms with Crippen LogP contribution in [0, 0.1) is 0 Å². The van der Waals surface area contributed by atoms with Gasteiger partial charge >= 0.3 is 0 Å². The van der Waals surface area contributed by atoms with E-state index in [1.807, 2.05) is 12.1 Å². The molecule has 1 heterocycles. The van der Waals surface area contributed by atoms with E-state index in [0.717, 1.165) is 5.02 Å². The zero-order valence-electron chi connectivity index (χ0n) is 7.88. The molecule has 0 aromatic heterocycles. The van der Waals surface area contributed by atoms with Crippen LogP contribution in [-0.2, 0) is 11.3 Å². The van der Waals surface area contributed by atoms with Crippen molar-refractivity contribution in [3.8, 4) is 0 Å². The van der Waals surface area contributed by atoms with Crippen LogP contribution in [0.3, 0.4) is 0 Å². The first-order valence-electron chi connectivity index (χ1n) is 4.58. The topological polar surface area (TPSA) is 9.23 Å². The molecule has 70 valence electrons. The van der Waals surface area contributed by atoms with Gasteiger partial charge in [-0.05, 0) is 30.2 Å². The molecule has 1 aliphatic heterocycles. The number of hydrogen-bond donors (Lipinski definition) is 0. The van der Waals surface area contributed by atoms with E-state index in [9.17, 15) is 0 Å². The lowest BCUT2D eigenvalue weighted by Crippen LogP contribution is -2.23. The summed E-state index contributed by atoms with van der Waals surface area (Å²) in [4.78, 5) is 0. The fourth-order valence-electron chi connectivity index (χ4n) is 1.76. The summed E-state index contributed by atoms with van der Waals surface area (Å²) >= 11 is 5.91. The summed E-state index contributed by atoms with van der Waals surface area (Å²) in [5.41, 5.74) is 2.61. The number of fused-ring (bicyclic) bond motifs is 1. The normalized spacial score (nSPS) is 27.0. The molecule has 0 amide bonds. The molecule has 2 atom stereocenters. The largest absolute Gasteiger partial charge is 0.373 e. The lowest BCUT2D eigenvalue weighted by Gasteiger charge is -2.29. The van der Waals surface area contributed by atoms with Gasteiger partial charge in [0.15, 0.2) is 0 Å². The molecular weight excluding hydrogens is 184 g/mol. The van der Waals surface area contributed by atoms with Crippen molar-refractivity contribution in [3.05, 3.63) is 34.3 Å². The van der Waals surface area contributed by atoms with Gasteiger partial charge in [-0.15, -0.1) is 0 Å². The van der Waals surface area contributed by atoms with Crippen LogP contribution in [-0.4, -0.2) is 6.10 Å². The maximum Gasteiger partial charge on any atom is 0.0724 e. The minimum absolute atomic E-state index is 0.314. The van der Waals surface area contributed by atoms with Gasteiger partial charge < -0.3 is 4.74 Å². The van der Waals surface area contributed by atoms with Crippen LogP contribution in [0.15, 0.2) is 18.2 Å². The highest BCUT2D eigenvalue weighted by molar-refractivity contribution is 6.30. The van der Waals surface area contributed by atoms with E-state index in [1.54, 1.807) is 0 Å². The van der Waals surface area contributed by atoms with Gasteiger partial charge in [-0.2, -0.15) is 0 Å². The quantitative estimate of drug-likeness (QED) is 0.618. The van der Waals surface area contributed by atoms with E-state index < -0.39 is 0 Å². The third-order valence-corrected chi connectivity index (χ3v) is 3.04. The Morgan fingerprint density at radius 2 is 2.15 bits per heavy atom. The Hall–Kier alpha value is -0.530. The predicted molar refractivity (Wildman–Crippen MR) is 54.1 cm³/mol. The summed E-state index contributed by atoms with van der Waals surface area (Å²) in [5, 5.41) is 0.795. The van der Waals surface area contributed by atoms with Crippen molar-refractivity contribution in [3.63, 3.8) is 0 Å². The highest BCUT2D eigenvalue weighted by Gasteiger charge is 2.23. The van der Waals surface area contributed by atoms with Crippen molar-refractivity contribution < 1.29 is 4.74 Å². The molecule has 0 aliphatic carbocycles. The Morgan fingerprint density at radius 1 is 1.38 bits per heavy atom. The molecule has 1 aromatic rings. The van der Waals surface area contributed by atoms with E-state index in [2.05, 4.69) is 19.9 Å². The van der Waals surface area contributed by atoms with Crippen molar-refractivity contribution in [2.45, 2.75) is 32.5 Å². The first-order valence-corrected chi connectivity index (χ1v) is 4.96. The van der Waals surface area contributed by atoms with Crippen LogP contribution in [0.2, 0.25) is 5.02 Å². The second-order valence-corrected chi connectivity index (χ2v) is 4.08. The molecule has 0 N–H and O–H groups in total. The van der Waals surface area contributed by atoms with Gasteiger partial charge in [0.05, 0.1) is 12.7 Å². The highest BCUT2D eigenvalue weighted by atomic mass is 35.5. The number of benzene rings is 1. The fourth-order valence-corrected chi connectivity index (χ4v) is 1.96. The Morgan fingerprint density at radius 3 is 2.92 bits per heavy atom. The van der Waals surface area contributed by atoms with E-state index >= 15 is 0 Å². The minimum atomic E-state index is 0.314. The van der Waals surface area contributed by atoms with Crippen molar-refractivity contribution in [1.29, 1.82) is 0 Å². The van der Waals surface area contributed by atoms with E-state index in [-0.39, 0.29) is 0 Å². The van der Waals surface area contributed by atoms with Crippen LogP contribution >= 0.6 is 11.6 Å². The molecule has 1 nitrogen and oxygen atoms in total.